The van der Waals surface area contributed by atoms with Crippen LogP contribution in [-0.4, -0.2) is 11.0 Å². The van der Waals surface area contributed by atoms with Crippen molar-refractivity contribution in [3.05, 3.63) is 56.4 Å². The fourth-order valence-electron chi connectivity index (χ4n) is 2.68. The fourth-order valence-corrected chi connectivity index (χ4v) is 2.68. The normalized spacial score (nSPS) is 12.0. The second kappa shape index (κ2) is 6.73. The molecule has 23 heavy (non-hydrogen) atoms. The Kier molecular flexibility index (Phi) is 4.93. The summed E-state index contributed by atoms with van der Waals surface area (Å²) in [5.41, 5.74) is 3.01. The number of aromatic amines is 1. The second-order valence-corrected chi connectivity index (χ2v) is 5.86. The molecule has 124 valence electrons. The summed E-state index contributed by atoms with van der Waals surface area (Å²) in [6.07, 6.45) is 0. The van der Waals surface area contributed by atoms with Crippen molar-refractivity contribution >= 4 is 6.03 Å². The van der Waals surface area contributed by atoms with E-state index in [1.165, 1.54) is 0 Å². The molecule has 0 spiro atoms. The van der Waals surface area contributed by atoms with Gasteiger partial charge in [-0.2, -0.15) is 0 Å². The Morgan fingerprint density at radius 3 is 2.52 bits per heavy atom. The molecular formula is C17H23N3O3. The van der Waals surface area contributed by atoms with E-state index in [4.69, 9.17) is 4.42 Å². The standard InChI is InChI=1S/C17H23N3O3/c1-9-6-10(2)19-16(21)15(9)8-18-17(22)20-12(4)14-7-11(3)23-13(14)5/h6-7,12H,8H2,1-5H3,(H,19,21)(H2,18,20,22)/t12-/m0/s1. The minimum Gasteiger partial charge on any atom is -0.466 e. The number of hydrogen-bond donors (Lipinski definition) is 3. The number of carbonyl (C=O) groups excluding carboxylic acids is 1. The molecule has 2 aromatic heterocycles. The minimum atomic E-state index is -0.324. The first kappa shape index (κ1) is 16.9. The third-order valence-electron chi connectivity index (χ3n) is 3.81. The molecule has 3 N–H and O–H groups in total. The molecule has 0 saturated heterocycles. The number of pyridine rings is 1. The van der Waals surface area contributed by atoms with Crippen molar-refractivity contribution in [3.63, 3.8) is 0 Å². The summed E-state index contributed by atoms with van der Waals surface area (Å²) < 4.78 is 5.47. The Morgan fingerprint density at radius 1 is 1.26 bits per heavy atom. The second-order valence-electron chi connectivity index (χ2n) is 5.86. The molecule has 2 amide bonds. The molecular weight excluding hydrogens is 294 g/mol. The van der Waals surface area contributed by atoms with E-state index in [-0.39, 0.29) is 24.2 Å². The number of urea groups is 1. The lowest BCUT2D eigenvalue weighted by atomic mass is 10.1. The van der Waals surface area contributed by atoms with Gasteiger partial charge in [-0.25, -0.2) is 4.79 Å². The summed E-state index contributed by atoms with van der Waals surface area (Å²) in [5.74, 6) is 1.61. The Balaban J connectivity index is 1.98. The van der Waals surface area contributed by atoms with Crippen molar-refractivity contribution in [3.8, 4) is 0 Å². The maximum absolute atomic E-state index is 12.0. The Hall–Kier alpha value is -2.50. The highest BCUT2D eigenvalue weighted by atomic mass is 16.3. The van der Waals surface area contributed by atoms with Crippen molar-refractivity contribution in [2.75, 3.05) is 0 Å². The molecule has 0 aliphatic rings. The molecule has 0 bridgehead atoms. The van der Waals surface area contributed by atoms with E-state index in [0.717, 1.165) is 28.3 Å². The summed E-state index contributed by atoms with van der Waals surface area (Å²) in [4.78, 5) is 26.7. The Bertz CT molecular complexity index is 774. The van der Waals surface area contributed by atoms with Crippen LogP contribution in [0.2, 0.25) is 0 Å². The summed E-state index contributed by atoms with van der Waals surface area (Å²) in [7, 11) is 0. The van der Waals surface area contributed by atoms with Crippen LogP contribution in [0.4, 0.5) is 4.79 Å². The maximum Gasteiger partial charge on any atom is 0.315 e. The molecule has 2 rings (SSSR count). The average Bonchev–Trinajstić information content (AvgIpc) is 2.76. The van der Waals surface area contributed by atoms with Crippen LogP contribution in [0.25, 0.3) is 0 Å². The molecule has 0 aliphatic heterocycles. The first-order valence-electron chi connectivity index (χ1n) is 7.58. The molecule has 0 aliphatic carbocycles. The van der Waals surface area contributed by atoms with Crippen LogP contribution >= 0.6 is 0 Å². The van der Waals surface area contributed by atoms with Crippen LogP contribution in [-0.2, 0) is 6.54 Å². The molecule has 2 heterocycles. The quantitative estimate of drug-likeness (QED) is 0.810. The van der Waals surface area contributed by atoms with Gasteiger partial charge in [0.25, 0.3) is 5.56 Å². The van der Waals surface area contributed by atoms with Gasteiger partial charge in [0.15, 0.2) is 0 Å². The van der Waals surface area contributed by atoms with E-state index >= 15 is 0 Å². The molecule has 6 nitrogen and oxygen atoms in total. The first-order chi connectivity index (χ1) is 10.8. The van der Waals surface area contributed by atoms with Crippen molar-refractivity contribution in [2.24, 2.45) is 0 Å². The van der Waals surface area contributed by atoms with Crippen LogP contribution in [0.15, 0.2) is 21.3 Å². The van der Waals surface area contributed by atoms with Gasteiger partial charge in [0.2, 0.25) is 0 Å². The molecule has 6 heteroatoms. The number of rotatable bonds is 4. The van der Waals surface area contributed by atoms with E-state index in [2.05, 4.69) is 15.6 Å². The Morgan fingerprint density at radius 2 is 1.96 bits per heavy atom. The number of H-pyrrole nitrogens is 1. The van der Waals surface area contributed by atoms with Crippen LogP contribution in [0.3, 0.4) is 0 Å². The van der Waals surface area contributed by atoms with E-state index in [9.17, 15) is 9.59 Å². The number of amides is 2. The third-order valence-corrected chi connectivity index (χ3v) is 3.81. The number of aromatic nitrogens is 1. The van der Waals surface area contributed by atoms with Gasteiger partial charge in [0.05, 0.1) is 12.6 Å². The minimum absolute atomic E-state index is 0.169. The molecule has 0 radical (unpaired) electrons. The predicted octanol–water partition coefficient (Wildman–Crippen LogP) is 2.76. The molecule has 0 aromatic carbocycles. The first-order valence-corrected chi connectivity index (χ1v) is 7.58. The lowest BCUT2D eigenvalue weighted by Gasteiger charge is -2.14. The molecule has 2 aromatic rings. The molecule has 1 atom stereocenters. The van der Waals surface area contributed by atoms with Gasteiger partial charge in [-0.05, 0) is 52.3 Å². The maximum atomic E-state index is 12.0. The van der Waals surface area contributed by atoms with Gasteiger partial charge >= 0.3 is 6.03 Å². The smallest absolute Gasteiger partial charge is 0.315 e. The van der Waals surface area contributed by atoms with E-state index in [1.54, 1.807) is 0 Å². The van der Waals surface area contributed by atoms with Gasteiger partial charge in [0, 0.05) is 16.8 Å². The summed E-state index contributed by atoms with van der Waals surface area (Å²) in [5, 5.41) is 5.57. The fraction of sp³-hybridized carbons (Fsp3) is 0.412. The largest absolute Gasteiger partial charge is 0.466 e. The third kappa shape index (κ3) is 4.03. The van der Waals surface area contributed by atoms with E-state index in [1.807, 2.05) is 46.8 Å². The zero-order valence-corrected chi connectivity index (χ0v) is 14.2. The number of carbonyl (C=O) groups is 1. The van der Waals surface area contributed by atoms with Crippen LogP contribution in [0, 0.1) is 27.7 Å². The molecule has 0 saturated carbocycles. The monoisotopic (exact) mass is 317 g/mol. The van der Waals surface area contributed by atoms with Crippen LogP contribution < -0.4 is 16.2 Å². The molecule has 0 unspecified atom stereocenters. The highest BCUT2D eigenvalue weighted by Gasteiger charge is 2.15. The van der Waals surface area contributed by atoms with Crippen molar-refractivity contribution < 1.29 is 9.21 Å². The van der Waals surface area contributed by atoms with Crippen molar-refractivity contribution in [1.82, 2.24) is 15.6 Å². The van der Waals surface area contributed by atoms with Gasteiger partial charge in [-0.15, -0.1) is 0 Å². The SMILES string of the molecule is Cc1cc(C)c(CNC(=O)N[C@@H](C)c2cc(C)oc2C)c(=O)[nH]1. The zero-order valence-electron chi connectivity index (χ0n) is 14.2. The number of aryl methyl sites for hydroxylation is 4. The summed E-state index contributed by atoms with van der Waals surface area (Å²) >= 11 is 0. The Labute approximate surface area is 135 Å². The van der Waals surface area contributed by atoms with Crippen LogP contribution in [0.5, 0.6) is 0 Å². The van der Waals surface area contributed by atoms with E-state index in [0.29, 0.717) is 5.56 Å². The zero-order chi connectivity index (χ0) is 17.1. The molecule has 0 fully saturated rings. The van der Waals surface area contributed by atoms with Gasteiger partial charge in [-0.3, -0.25) is 4.79 Å². The predicted molar refractivity (Wildman–Crippen MR) is 88.5 cm³/mol. The van der Waals surface area contributed by atoms with Gasteiger partial charge < -0.3 is 20.0 Å². The number of furan rings is 1. The van der Waals surface area contributed by atoms with Crippen LogP contribution in [0.1, 0.15) is 46.9 Å². The summed E-state index contributed by atoms with van der Waals surface area (Å²) in [6.45, 7) is 9.50. The number of nitrogens with one attached hydrogen (secondary N) is 3. The lowest BCUT2D eigenvalue weighted by Crippen LogP contribution is -2.38. The van der Waals surface area contributed by atoms with Crippen molar-refractivity contribution in [1.29, 1.82) is 0 Å². The topological polar surface area (TPSA) is 87.1 Å². The highest BCUT2D eigenvalue weighted by molar-refractivity contribution is 5.74. The lowest BCUT2D eigenvalue weighted by molar-refractivity contribution is 0.237. The highest BCUT2D eigenvalue weighted by Crippen LogP contribution is 2.20. The number of hydrogen-bond acceptors (Lipinski definition) is 3. The van der Waals surface area contributed by atoms with Crippen molar-refractivity contribution in [2.45, 2.75) is 47.2 Å². The van der Waals surface area contributed by atoms with Gasteiger partial charge in [-0.1, -0.05) is 0 Å². The van der Waals surface area contributed by atoms with Gasteiger partial charge in [0.1, 0.15) is 11.5 Å². The summed E-state index contributed by atoms with van der Waals surface area (Å²) in [6, 6.07) is 3.30. The van der Waals surface area contributed by atoms with E-state index < -0.39 is 0 Å². The average molecular weight is 317 g/mol.